The molecule has 0 aromatic rings. The van der Waals surface area contributed by atoms with Gasteiger partial charge in [0, 0.05) is 12.5 Å². The molecule has 1 atom stereocenters. The van der Waals surface area contributed by atoms with Crippen LogP contribution in [0.2, 0.25) is 0 Å². The Hall–Kier alpha value is -1.32. The van der Waals surface area contributed by atoms with Crippen LogP contribution in [0.4, 0.5) is 0 Å². The zero-order chi connectivity index (χ0) is 9.84. The summed E-state index contributed by atoms with van der Waals surface area (Å²) in [6.45, 7) is 1.32. The van der Waals surface area contributed by atoms with E-state index >= 15 is 0 Å². The van der Waals surface area contributed by atoms with Crippen molar-refractivity contribution in [2.45, 2.75) is 32.3 Å². The third-order valence-corrected chi connectivity index (χ3v) is 1.91. The van der Waals surface area contributed by atoms with E-state index in [1.165, 1.54) is 13.0 Å². The number of rotatable bonds is 2. The van der Waals surface area contributed by atoms with Gasteiger partial charge in [0.2, 0.25) is 0 Å². The fourth-order valence-corrected chi connectivity index (χ4v) is 1.37. The molecule has 0 saturated carbocycles. The number of hydrogen-bond acceptors (Lipinski definition) is 3. The molecule has 0 radical (unpaired) electrons. The third-order valence-electron chi connectivity index (χ3n) is 1.91. The standard InChI is InChI=1S/C9H12O4/c1-6(10)13-8-4-2-3-7(5-8)9(11)12/h5,8H,2-4H2,1H3,(H,11,12). The van der Waals surface area contributed by atoms with Gasteiger partial charge in [-0.05, 0) is 25.3 Å². The molecule has 4 nitrogen and oxygen atoms in total. The van der Waals surface area contributed by atoms with Crippen LogP contribution in [0.3, 0.4) is 0 Å². The number of carboxylic acid groups (broad SMARTS) is 1. The highest BCUT2D eigenvalue weighted by molar-refractivity contribution is 5.86. The van der Waals surface area contributed by atoms with Crippen LogP contribution in [-0.4, -0.2) is 23.1 Å². The van der Waals surface area contributed by atoms with Crippen LogP contribution in [-0.2, 0) is 14.3 Å². The molecule has 72 valence electrons. The fraction of sp³-hybridized carbons (Fsp3) is 0.556. The molecule has 0 bridgehead atoms. The highest BCUT2D eigenvalue weighted by Crippen LogP contribution is 2.20. The lowest BCUT2D eigenvalue weighted by molar-refractivity contribution is -0.145. The zero-order valence-corrected chi connectivity index (χ0v) is 7.45. The fourth-order valence-electron chi connectivity index (χ4n) is 1.37. The normalized spacial score (nSPS) is 21.9. The summed E-state index contributed by atoms with van der Waals surface area (Å²) in [7, 11) is 0. The zero-order valence-electron chi connectivity index (χ0n) is 7.45. The van der Waals surface area contributed by atoms with Gasteiger partial charge in [0.25, 0.3) is 0 Å². The summed E-state index contributed by atoms with van der Waals surface area (Å²) in [5.74, 6) is -1.29. The van der Waals surface area contributed by atoms with Crippen molar-refractivity contribution in [3.8, 4) is 0 Å². The van der Waals surface area contributed by atoms with E-state index in [9.17, 15) is 9.59 Å². The maximum atomic E-state index is 10.6. The van der Waals surface area contributed by atoms with Crippen molar-refractivity contribution in [1.29, 1.82) is 0 Å². The number of carboxylic acids is 1. The minimum absolute atomic E-state index is 0.345. The molecule has 13 heavy (non-hydrogen) atoms. The first-order valence-corrected chi connectivity index (χ1v) is 4.21. The second-order valence-electron chi connectivity index (χ2n) is 3.04. The number of esters is 1. The summed E-state index contributed by atoms with van der Waals surface area (Å²) in [4.78, 5) is 21.2. The molecule has 1 aliphatic carbocycles. The number of carbonyl (C=O) groups is 2. The Morgan fingerprint density at radius 2 is 2.31 bits per heavy atom. The van der Waals surface area contributed by atoms with E-state index in [1.54, 1.807) is 0 Å². The summed E-state index contributed by atoms with van der Waals surface area (Å²) in [6, 6.07) is 0. The van der Waals surface area contributed by atoms with Crippen molar-refractivity contribution in [2.24, 2.45) is 0 Å². The van der Waals surface area contributed by atoms with Gasteiger partial charge < -0.3 is 9.84 Å². The van der Waals surface area contributed by atoms with Gasteiger partial charge in [-0.3, -0.25) is 4.79 Å². The van der Waals surface area contributed by atoms with Crippen molar-refractivity contribution in [1.82, 2.24) is 0 Å². The topological polar surface area (TPSA) is 63.6 Å². The van der Waals surface area contributed by atoms with Crippen LogP contribution in [0.15, 0.2) is 11.6 Å². The molecule has 0 heterocycles. The molecule has 1 N–H and O–H groups in total. The molecule has 0 aromatic carbocycles. The van der Waals surface area contributed by atoms with Crippen LogP contribution in [0.5, 0.6) is 0 Å². The van der Waals surface area contributed by atoms with E-state index in [2.05, 4.69) is 0 Å². The largest absolute Gasteiger partial charge is 0.478 e. The Balaban J connectivity index is 2.62. The van der Waals surface area contributed by atoms with E-state index in [4.69, 9.17) is 9.84 Å². The average Bonchev–Trinajstić information content (AvgIpc) is 2.03. The minimum Gasteiger partial charge on any atom is -0.478 e. The second-order valence-corrected chi connectivity index (χ2v) is 3.04. The summed E-state index contributed by atoms with van der Waals surface area (Å²) in [6.07, 6.45) is 3.21. The van der Waals surface area contributed by atoms with Crippen molar-refractivity contribution >= 4 is 11.9 Å². The monoisotopic (exact) mass is 184 g/mol. The van der Waals surface area contributed by atoms with Crippen molar-refractivity contribution in [3.05, 3.63) is 11.6 Å². The summed E-state index contributed by atoms with van der Waals surface area (Å²) < 4.78 is 4.89. The van der Waals surface area contributed by atoms with E-state index < -0.39 is 5.97 Å². The van der Waals surface area contributed by atoms with Crippen LogP contribution in [0.1, 0.15) is 26.2 Å². The Kier molecular flexibility index (Phi) is 3.06. The molecule has 1 aliphatic rings. The van der Waals surface area contributed by atoms with Crippen molar-refractivity contribution in [3.63, 3.8) is 0 Å². The molecule has 0 aromatic heterocycles. The van der Waals surface area contributed by atoms with Gasteiger partial charge in [-0.25, -0.2) is 4.79 Å². The van der Waals surface area contributed by atoms with Crippen LogP contribution in [0, 0.1) is 0 Å². The first-order valence-electron chi connectivity index (χ1n) is 4.21. The van der Waals surface area contributed by atoms with E-state index in [-0.39, 0.29) is 12.1 Å². The highest BCUT2D eigenvalue weighted by Gasteiger charge is 2.19. The Bertz CT molecular complexity index is 254. The number of ether oxygens (including phenoxy) is 1. The van der Waals surface area contributed by atoms with Gasteiger partial charge in [0.05, 0.1) is 0 Å². The van der Waals surface area contributed by atoms with Gasteiger partial charge >= 0.3 is 11.9 Å². The first-order chi connectivity index (χ1) is 6.09. The van der Waals surface area contributed by atoms with Gasteiger partial charge in [0.15, 0.2) is 0 Å². The molecule has 1 rings (SSSR count). The molecule has 0 aliphatic heterocycles. The van der Waals surface area contributed by atoms with E-state index in [0.717, 1.165) is 12.8 Å². The van der Waals surface area contributed by atoms with Crippen molar-refractivity contribution < 1.29 is 19.4 Å². The maximum Gasteiger partial charge on any atom is 0.331 e. The minimum atomic E-state index is -0.920. The molecular formula is C9H12O4. The number of aliphatic carboxylic acids is 1. The van der Waals surface area contributed by atoms with Gasteiger partial charge in [-0.1, -0.05) is 0 Å². The average molecular weight is 184 g/mol. The van der Waals surface area contributed by atoms with Crippen LogP contribution < -0.4 is 0 Å². The SMILES string of the molecule is CC(=O)OC1C=C(C(=O)O)CCC1. The smallest absolute Gasteiger partial charge is 0.331 e. The van der Waals surface area contributed by atoms with E-state index in [1.807, 2.05) is 0 Å². The van der Waals surface area contributed by atoms with Crippen molar-refractivity contribution in [2.75, 3.05) is 0 Å². The predicted octanol–water partition coefficient (Wildman–Crippen LogP) is 1.11. The highest BCUT2D eigenvalue weighted by atomic mass is 16.5. The molecular weight excluding hydrogens is 172 g/mol. The van der Waals surface area contributed by atoms with Gasteiger partial charge in [0.1, 0.15) is 6.10 Å². The van der Waals surface area contributed by atoms with E-state index in [0.29, 0.717) is 12.0 Å². The number of hydrogen-bond donors (Lipinski definition) is 1. The Labute approximate surface area is 76.2 Å². The van der Waals surface area contributed by atoms with Gasteiger partial charge in [-0.15, -0.1) is 0 Å². The molecule has 0 spiro atoms. The lowest BCUT2D eigenvalue weighted by atomic mass is 9.97. The molecule has 0 saturated heterocycles. The quantitative estimate of drug-likeness (QED) is 0.653. The summed E-state index contributed by atoms with van der Waals surface area (Å²) >= 11 is 0. The van der Waals surface area contributed by atoms with Gasteiger partial charge in [-0.2, -0.15) is 0 Å². The summed E-state index contributed by atoms with van der Waals surface area (Å²) in [5, 5.41) is 8.68. The number of carbonyl (C=O) groups excluding carboxylic acids is 1. The Morgan fingerprint density at radius 3 is 2.85 bits per heavy atom. The Morgan fingerprint density at radius 1 is 1.62 bits per heavy atom. The lowest BCUT2D eigenvalue weighted by Gasteiger charge is -2.18. The molecule has 1 unspecified atom stereocenters. The summed E-state index contributed by atoms with van der Waals surface area (Å²) in [5.41, 5.74) is 0.345. The molecule has 0 amide bonds. The van der Waals surface area contributed by atoms with Crippen LogP contribution in [0.25, 0.3) is 0 Å². The molecule has 0 fully saturated rings. The second kappa shape index (κ2) is 4.07. The predicted molar refractivity (Wildman–Crippen MR) is 45.1 cm³/mol. The first kappa shape index (κ1) is 9.77. The lowest BCUT2D eigenvalue weighted by Crippen LogP contribution is -2.19. The third kappa shape index (κ3) is 2.89. The van der Waals surface area contributed by atoms with Crippen LogP contribution >= 0.6 is 0 Å². The maximum absolute atomic E-state index is 10.6. The molecule has 4 heteroatoms.